The van der Waals surface area contributed by atoms with Crippen molar-refractivity contribution in [2.75, 3.05) is 6.54 Å². The van der Waals surface area contributed by atoms with Crippen molar-refractivity contribution < 1.29 is 4.79 Å². The van der Waals surface area contributed by atoms with Crippen molar-refractivity contribution in [3.8, 4) is 11.4 Å². The summed E-state index contributed by atoms with van der Waals surface area (Å²) >= 11 is 0. The van der Waals surface area contributed by atoms with Gasteiger partial charge in [-0.25, -0.2) is 4.98 Å². The Morgan fingerprint density at radius 2 is 1.93 bits per heavy atom. The monoisotopic (exact) mass is 383 g/mol. The van der Waals surface area contributed by atoms with Gasteiger partial charge in [0.05, 0.1) is 24.5 Å². The predicted octanol–water partition coefficient (Wildman–Crippen LogP) is 3.52. The second-order valence-electron chi connectivity index (χ2n) is 7.26. The molecule has 0 saturated carbocycles. The van der Waals surface area contributed by atoms with E-state index in [1.54, 1.807) is 12.4 Å². The third kappa shape index (κ3) is 3.57. The van der Waals surface area contributed by atoms with E-state index in [1.807, 2.05) is 52.0 Å². The largest absolute Gasteiger partial charge is 0.345 e. The Balaban J connectivity index is 1.33. The number of amides is 1. The summed E-state index contributed by atoms with van der Waals surface area (Å²) in [6.07, 6.45) is 4.30. The Labute approximate surface area is 168 Å². The van der Waals surface area contributed by atoms with E-state index in [0.717, 1.165) is 29.2 Å². The number of benzene rings is 2. The second-order valence-corrected chi connectivity index (χ2v) is 7.26. The zero-order valence-electron chi connectivity index (χ0n) is 16.0. The minimum Gasteiger partial charge on any atom is -0.345 e. The van der Waals surface area contributed by atoms with Crippen LogP contribution in [-0.4, -0.2) is 37.1 Å². The third-order valence-electron chi connectivity index (χ3n) is 5.24. The molecule has 1 amide bonds. The minimum absolute atomic E-state index is 0.0375. The van der Waals surface area contributed by atoms with Crippen LogP contribution in [0.2, 0.25) is 0 Å². The number of imidazole rings is 1. The fourth-order valence-corrected chi connectivity index (χ4v) is 3.80. The fourth-order valence-electron chi connectivity index (χ4n) is 3.80. The first kappa shape index (κ1) is 17.4. The lowest BCUT2D eigenvalue weighted by atomic mass is 10.1. The molecule has 2 aromatic carbocycles. The smallest absolute Gasteiger partial charge is 0.254 e. The van der Waals surface area contributed by atoms with Gasteiger partial charge in [0.15, 0.2) is 0 Å². The van der Waals surface area contributed by atoms with Crippen LogP contribution in [0.5, 0.6) is 0 Å². The molecule has 0 radical (unpaired) electrons. The molecule has 1 N–H and O–H groups in total. The molecule has 6 heteroatoms. The molecule has 0 saturated heterocycles. The van der Waals surface area contributed by atoms with Gasteiger partial charge in [-0.2, -0.15) is 5.10 Å². The number of carbonyl (C=O) groups excluding carboxylic acids is 1. The van der Waals surface area contributed by atoms with Crippen molar-refractivity contribution in [2.45, 2.75) is 19.5 Å². The molecule has 0 aliphatic carbocycles. The molecule has 0 spiro atoms. The zero-order chi connectivity index (χ0) is 19.6. The lowest BCUT2D eigenvalue weighted by molar-refractivity contribution is 0.0706. The first-order valence-electron chi connectivity index (χ1n) is 9.75. The third-order valence-corrected chi connectivity index (χ3v) is 5.24. The van der Waals surface area contributed by atoms with E-state index in [1.165, 1.54) is 5.56 Å². The van der Waals surface area contributed by atoms with Crippen molar-refractivity contribution in [3.63, 3.8) is 0 Å². The number of fused-ring (bicyclic) bond motifs is 1. The van der Waals surface area contributed by atoms with Gasteiger partial charge in [0.1, 0.15) is 5.82 Å². The lowest BCUT2D eigenvalue weighted by Crippen LogP contribution is -2.38. The van der Waals surface area contributed by atoms with Crippen LogP contribution < -0.4 is 0 Å². The number of H-pyrrole nitrogens is 1. The summed E-state index contributed by atoms with van der Waals surface area (Å²) < 4.78 is 2.03. The quantitative estimate of drug-likeness (QED) is 0.586. The second kappa shape index (κ2) is 7.39. The molecule has 0 unspecified atom stereocenters. The van der Waals surface area contributed by atoms with Gasteiger partial charge in [-0.05, 0) is 23.8 Å². The van der Waals surface area contributed by atoms with Crippen LogP contribution in [-0.2, 0) is 19.5 Å². The van der Waals surface area contributed by atoms with E-state index in [2.05, 4.69) is 28.2 Å². The zero-order valence-corrected chi connectivity index (χ0v) is 16.0. The molecule has 0 bridgehead atoms. The van der Waals surface area contributed by atoms with Crippen LogP contribution in [0.3, 0.4) is 0 Å². The molecule has 144 valence electrons. The SMILES string of the molecule is O=C(c1cccc(-c2ncc[nH]2)c1)N1CCn2nc(Cc3ccccc3)cc2C1. The Morgan fingerprint density at radius 1 is 1.03 bits per heavy atom. The van der Waals surface area contributed by atoms with Gasteiger partial charge < -0.3 is 9.88 Å². The summed E-state index contributed by atoms with van der Waals surface area (Å²) in [5.74, 6) is 0.803. The molecule has 2 aromatic heterocycles. The maximum Gasteiger partial charge on any atom is 0.254 e. The number of aromatic nitrogens is 4. The first-order chi connectivity index (χ1) is 14.3. The van der Waals surface area contributed by atoms with E-state index < -0.39 is 0 Å². The molecular formula is C23H21N5O. The Hall–Kier alpha value is -3.67. The van der Waals surface area contributed by atoms with Gasteiger partial charge >= 0.3 is 0 Å². The number of aromatic amines is 1. The van der Waals surface area contributed by atoms with Crippen LogP contribution in [0.15, 0.2) is 73.1 Å². The molecule has 1 aliphatic heterocycles. The van der Waals surface area contributed by atoms with Crippen molar-refractivity contribution in [3.05, 3.63) is 95.6 Å². The van der Waals surface area contributed by atoms with Gasteiger partial charge in [0, 0.05) is 36.5 Å². The molecule has 1 aliphatic rings. The number of carbonyl (C=O) groups is 1. The lowest BCUT2D eigenvalue weighted by Gasteiger charge is -2.27. The van der Waals surface area contributed by atoms with Crippen LogP contribution >= 0.6 is 0 Å². The molecule has 5 rings (SSSR count). The topological polar surface area (TPSA) is 66.8 Å². The molecular weight excluding hydrogens is 362 g/mol. The average Bonchev–Trinajstić information content (AvgIpc) is 3.43. The fraction of sp³-hybridized carbons (Fsp3) is 0.174. The van der Waals surface area contributed by atoms with Gasteiger partial charge in [-0.1, -0.05) is 42.5 Å². The number of hydrogen-bond donors (Lipinski definition) is 1. The van der Waals surface area contributed by atoms with E-state index in [0.29, 0.717) is 25.2 Å². The Kier molecular flexibility index (Phi) is 4.44. The summed E-state index contributed by atoms with van der Waals surface area (Å²) in [4.78, 5) is 22.3. The molecule has 4 aromatic rings. The van der Waals surface area contributed by atoms with E-state index in [4.69, 9.17) is 5.10 Å². The molecule has 3 heterocycles. The summed E-state index contributed by atoms with van der Waals surface area (Å²) in [6.45, 7) is 1.95. The van der Waals surface area contributed by atoms with Crippen molar-refractivity contribution >= 4 is 5.91 Å². The van der Waals surface area contributed by atoms with Gasteiger partial charge in [0.2, 0.25) is 0 Å². The normalized spacial score (nSPS) is 13.3. The predicted molar refractivity (Wildman–Crippen MR) is 110 cm³/mol. The highest BCUT2D eigenvalue weighted by atomic mass is 16.2. The van der Waals surface area contributed by atoms with E-state index in [-0.39, 0.29) is 5.91 Å². The van der Waals surface area contributed by atoms with Gasteiger partial charge in [0.25, 0.3) is 5.91 Å². The highest BCUT2D eigenvalue weighted by Gasteiger charge is 2.23. The number of rotatable bonds is 4. The summed E-state index contributed by atoms with van der Waals surface area (Å²) in [7, 11) is 0. The molecule has 0 fully saturated rings. The van der Waals surface area contributed by atoms with Crippen LogP contribution in [0, 0.1) is 0 Å². The first-order valence-corrected chi connectivity index (χ1v) is 9.75. The summed E-state index contributed by atoms with van der Waals surface area (Å²) in [5, 5.41) is 4.73. The number of nitrogens with one attached hydrogen (secondary N) is 1. The maximum atomic E-state index is 13.1. The van der Waals surface area contributed by atoms with Crippen LogP contribution in [0.4, 0.5) is 0 Å². The average molecular weight is 383 g/mol. The van der Waals surface area contributed by atoms with Gasteiger partial charge in [-0.3, -0.25) is 9.48 Å². The standard InChI is InChI=1S/C23H21N5O/c29-23(19-8-4-7-18(14-19)22-24-9-10-25-22)27-11-12-28-21(16-27)15-20(26-28)13-17-5-2-1-3-6-17/h1-10,14-15H,11-13,16H2,(H,24,25). The summed E-state index contributed by atoms with van der Waals surface area (Å²) in [6, 6.07) is 20.1. The van der Waals surface area contributed by atoms with Crippen molar-refractivity contribution in [1.82, 2.24) is 24.6 Å². The highest BCUT2D eigenvalue weighted by molar-refractivity contribution is 5.95. The maximum absolute atomic E-state index is 13.1. The molecule has 0 atom stereocenters. The summed E-state index contributed by atoms with van der Waals surface area (Å²) in [5.41, 5.74) is 4.95. The van der Waals surface area contributed by atoms with Crippen molar-refractivity contribution in [1.29, 1.82) is 0 Å². The van der Waals surface area contributed by atoms with Crippen LogP contribution in [0.25, 0.3) is 11.4 Å². The minimum atomic E-state index is 0.0375. The van der Waals surface area contributed by atoms with E-state index >= 15 is 0 Å². The molecule has 29 heavy (non-hydrogen) atoms. The van der Waals surface area contributed by atoms with Crippen molar-refractivity contribution in [2.24, 2.45) is 0 Å². The number of nitrogens with zero attached hydrogens (tertiary/aromatic N) is 4. The number of hydrogen-bond acceptors (Lipinski definition) is 3. The highest BCUT2D eigenvalue weighted by Crippen LogP contribution is 2.21. The van der Waals surface area contributed by atoms with E-state index in [9.17, 15) is 4.79 Å². The Morgan fingerprint density at radius 3 is 2.76 bits per heavy atom. The Bertz CT molecular complexity index is 1130. The molecule has 6 nitrogen and oxygen atoms in total. The van der Waals surface area contributed by atoms with Gasteiger partial charge in [-0.15, -0.1) is 0 Å². The van der Waals surface area contributed by atoms with Crippen LogP contribution in [0.1, 0.15) is 27.3 Å².